The summed E-state index contributed by atoms with van der Waals surface area (Å²) in [5, 5.41) is 8.66. The van der Waals surface area contributed by atoms with Gasteiger partial charge in [0.15, 0.2) is 5.11 Å². The summed E-state index contributed by atoms with van der Waals surface area (Å²) < 4.78 is 0. The van der Waals surface area contributed by atoms with Gasteiger partial charge < -0.3 is 5.32 Å². The molecule has 1 unspecified atom stereocenters. The first-order chi connectivity index (χ1) is 9.44. The lowest BCUT2D eigenvalue weighted by molar-refractivity contribution is 0.265. The van der Waals surface area contributed by atoms with Gasteiger partial charge in [-0.3, -0.25) is 5.43 Å². The molecule has 0 spiro atoms. The fourth-order valence-electron chi connectivity index (χ4n) is 3.79. The van der Waals surface area contributed by atoms with Gasteiger partial charge in [-0.1, -0.05) is 40.0 Å². The highest BCUT2D eigenvalue weighted by Crippen LogP contribution is 2.36. The summed E-state index contributed by atoms with van der Waals surface area (Å²) in [5.74, 6) is 0.721. The summed E-state index contributed by atoms with van der Waals surface area (Å²) in [6.45, 7) is 6.97. The van der Waals surface area contributed by atoms with E-state index < -0.39 is 0 Å². The molecular formula is C16H29N3S. The molecule has 0 amide bonds. The Bertz CT molecular complexity index is 370. The number of nitrogens with zero attached hydrogens (tertiary/aromatic N) is 1. The van der Waals surface area contributed by atoms with Crippen molar-refractivity contribution in [2.75, 3.05) is 0 Å². The predicted octanol–water partition coefficient (Wildman–Crippen LogP) is 3.99. The minimum Gasteiger partial charge on any atom is -0.359 e. The minimum atomic E-state index is 0.372. The Labute approximate surface area is 129 Å². The molecule has 2 fully saturated rings. The van der Waals surface area contributed by atoms with Crippen LogP contribution in [0.15, 0.2) is 5.10 Å². The first-order valence-corrected chi connectivity index (χ1v) is 8.47. The van der Waals surface area contributed by atoms with Crippen molar-refractivity contribution in [3.63, 3.8) is 0 Å². The second-order valence-corrected chi connectivity index (χ2v) is 7.86. The number of nitrogens with one attached hydrogen (secondary N) is 2. The zero-order chi connectivity index (χ0) is 14.6. The molecular weight excluding hydrogens is 266 g/mol. The molecule has 2 N–H and O–H groups in total. The van der Waals surface area contributed by atoms with E-state index in [1.807, 2.05) is 0 Å². The number of hydrazone groups is 1. The first-order valence-electron chi connectivity index (χ1n) is 8.06. The van der Waals surface area contributed by atoms with Crippen molar-refractivity contribution in [3.8, 4) is 0 Å². The minimum absolute atomic E-state index is 0.372. The van der Waals surface area contributed by atoms with Crippen molar-refractivity contribution >= 4 is 23.0 Å². The number of thiocarbonyl (C=S) groups is 1. The number of rotatable bonds is 2. The van der Waals surface area contributed by atoms with Crippen LogP contribution in [-0.4, -0.2) is 16.9 Å². The Morgan fingerprint density at radius 3 is 2.60 bits per heavy atom. The van der Waals surface area contributed by atoms with Crippen LogP contribution >= 0.6 is 12.2 Å². The lowest BCUT2D eigenvalue weighted by Gasteiger charge is -2.34. The Morgan fingerprint density at radius 1 is 1.25 bits per heavy atom. The molecule has 3 nitrogen and oxygen atoms in total. The van der Waals surface area contributed by atoms with Gasteiger partial charge >= 0.3 is 0 Å². The summed E-state index contributed by atoms with van der Waals surface area (Å²) in [4.78, 5) is 0. The van der Waals surface area contributed by atoms with Crippen LogP contribution in [0, 0.1) is 11.3 Å². The third-order valence-electron chi connectivity index (χ3n) is 4.42. The van der Waals surface area contributed by atoms with E-state index in [-0.39, 0.29) is 0 Å². The van der Waals surface area contributed by atoms with E-state index in [1.54, 1.807) is 0 Å². The molecule has 0 radical (unpaired) electrons. The monoisotopic (exact) mass is 295 g/mol. The van der Waals surface area contributed by atoms with Crippen LogP contribution in [0.1, 0.15) is 72.1 Å². The molecule has 0 aromatic rings. The maximum Gasteiger partial charge on any atom is 0.187 e. The Kier molecular flexibility index (Phi) is 5.42. The molecule has 1 atom stereocenters. The third-order valence-corrected chi connectivity index (χ3v) is 4.63. The van der Waals surface area contributed by atoms with Gasteiger partial charge in [-0.05, 0) is 55.7 Å². The smallest absolute Gasteiger partial charge is 0.187 e. The van der Waals surface area contributed by atoms with Gasteiger partial charge in [0.2, 0.25) is 0 Å². The van der Waals surface area contributed by atoms with Gasteiger partial charge in [-0.2, -0.15) is 5.10 Å². The van der Waals surface area contributed by atoms with E-state index >= 15 is 0 Å². The highest BCUT2D eigenvalue weighted by atomic mass is 32.1. The predicted molar refractivity (Wildman–Crippen MR) is 90.0 cm³/mol. The van der Waals surface area contributed by atoms with E-state index in [1.165, 1.54) is 44.2 Å². The quantitative estimate of drug-likeness (QED) is 0.597. The Balaban J connectivity index is 1.80. The molecule has 0 saturated heterocycles. The van der Waals surface area contributed by atoms with Crippen LogP contribution in [0.5, 0.6) is 0 Å². The number of hydrogen-bond donors (Lipinski definition) is 2. The van der Waals surface area contributed by atoms with E-state index in [0.29, 0.717) is 16.6 Å². The second-order valence-electron chi connectivity index (χ2n) is 7.45. The van der Waals surface area contributed by atoms with Crippen LogP contribution < -0.4 is 10.7 Å². The molecule has 0 aromatic carbocycles. The molecule has 0 aromatic heterocycles. The average molecular weight is 295 g/mol. The fraction of sp³-hybridized carbons (Fsp3) is 0.875. The zero-order valence-electron chi connectivity index (χ0n) is 13.2. The Morgan fingerprint density at radius 2 is 1.95 bits per heavy atom. The zero-order valence-corrected chi connectivity index (χ0v) is 14.0. The molecule has 2 aliphatic rings. The van der Waals surface area contributed by atoms with Crippen molar-refractivity contribution in [1.82, 2.24) is 10.7 Å². The topological polar surface area (TPSA) is 36.4 Å². The van der Waals surface area contributed by atoms with Crippen molar-refractivity contribution in [3.05, 3.63) is 0 Å². The van der Waals surface area contributed by atoms with Crippen LogP contribution in [0.2, 0.25) is 0 Å². The van der Waals surface area contributed by atoms with E-state index in [2.05, 4.69) is 36.6 Å². The molecule has 20 heavy (non-hydrogen) atoms. The van der Waals surface area contributed by atoms with Gasteiger partial charge in [0.1, 0.15) is 0 Å². The normalized spacial score (nSPS) is 29.1. The van der Waals surface area contributed by atoms with Gasteiger partial charge in [0, 0.05) is 11.8 Å². The highest BCUT2D eigenvalue weighted by Gasteiger charge is 2.29. The lowest BCUT2D eigenvalue weighted by Crippen LogP contribution is -2.41. The fourth-order valence-corrected chi connectivity index (χ4v) is 4.01. The van der Waals surface area contributed by atoms with Crippen LogP contribution in [0.3, 0.4) is 0 Å². The van der Waals surface area contributed by atoms with Gasteiger partial charge in [-0.15, -0.1) is 0 Å². The molecule has 2 aliphatic carbocycles. The maximum absolute atomic E-state index is 5.36. The largest absolute Gasteiger partial charge is 0.359 e. The summed E-state index contributed by atoms with van der Waals surface area (Å²) in [7, 11) is 0. The standard InChI is InChI=1S/C16H29N3S/c1-12-9-14(11-16(2,3)10-12)18-19-15(20)17-13-7-5-4-6-8-13/h12-13H,4-11H2,1-3H3,(H2,17,19,20)/b18-14+. The van der Waals surface area contributed by atoms with Crippen molar-refractivity contribution in [2.45, 2.75) is 78.2 Å². The summed E-state index contributed by atoms with van der Waals surface area (Å²) in [6, 6.07) is 0.547. The summed E-state index contributed by atoms with van der Waals surface area (Å²) in [6.07, 6.45) is 9.95. The van der Waals surface area contributed by atoms with Crippen LogP contribution in [0.25, 0.3) is 0 Å². The van der Waals surface area contributed by atoms with Gasteiger partial charge in [-0.25, -0.2) is 0 Å². The third kappa shape index (κ3) is 5.04. The summed E-state index contributed by atoms with van der Waals surface area (Å²) in [5.41, 5.74) is 4.70. The Hall–Kier alpha value is -0.640. The van der Waals surface area contributed by atoms with E-state index in [9.17, 15) is 0 Å². The number of hydrogen-bond acceptors (Lipinski definition) is 2. The van der Waals surface area contributed by atoms with E-state index in [4.69, 9.17) is 12.2 Å². The molecule has 114 valence electrons. The molecule has 4 heteroatoms. The van der Waals surface area contributed by atoms with Gasteiger partial charge in [0.25, 0.3) is 0 Å². The molecule has 2 saturated carbocycles. The van der Waals surface area contributed by atoms with Crippen molar-refractivity contribution in [2.24, 2.45) is 16.4 Å². The SMILES string of the molecule is CC1C/C(=N\NC(=S)NC2CCCCC2)CC(C)(C)C1. The molecule has 0 heterocycles. The summed E-state index contributed by atoms with van der Waals surface area (Å²) >= 11 is 5.36. The molecule has 0 aliphatic heterocycles. The van der Waals surface area contributed by atoms with Crippen LogP contribution in [-0.2, 0) is 0 Å². The van der Waals surface area contributed by atoms with E-state index in [0.717, 1.165) is 18.8 Å². The molecule has 0 bridgehead atoms. The van der Waals surface area contributed by atoms with Crippen molar-refractivity contribution in [1.29, 1.82) is 0 Å². The van der Waals surface area contributed by atoms with Crippen molar-refractivity contribution < 1.29 is 0 Å². The van der Waals surface area contributed by atoms with Crippen LogP contribution in [0.4, 0.5) is 0 Å². The first kappa shape index (κ1) is 15.7. The molecule has 2 rings (SSSR count). The van der Waals surface area contributed by atoms with Gasteiger partial charge in [0.05, 0.1) is 0 Å². The highest BCUT2D eigenvalue weighted by molar-refractivity contribution is 7.80. The lowest BCUT2D eigenvalue weighted by atomic mass is 9.72. The second kappa shape index (κ2) is 6.88. The maximum atomic E-state index is 5.36. The average Bonchev–Trinajstić information content (AvgIpc) is 2.35.